The number of nitrogens with zero attached hydrogens (tertiary/aromatic N) is 3. The standard InChI is InChI=1S/C16H15N3O3S2/c1-17(2)15(23)18(12-6-4-3-5-7-12)16(24)22-14-10-8-13(9-11-14)19(20)21/h3-11H,1-2H3. The lowest BCUT2D eigenvalue weighted by molar-refractivity contribution is -0.384. The molecule has 0 saturated carbocycles. The van der Waals surface area contributed by atoms with E-state index in [4.69, 9.17) is 29.2 Å². The SMILES string of the molecule is CN(C)C(=S)N(C(=S)Oc1ccc([N+](=O)[O-])cc1)c1ccccc1. The second-order valence-electron chi connectivity index (χ2n) is 4.97. The molecule has 0 aliphatic rings. The van der Waals surface area contributed by atoms with Crippen LogP contribution < -0.4 is 9.64 Å². The van der Waals surface area contributed by atoms with Crippen molar-refractivity contribution in [2.24, 2.45) is 0 Å². The number of hydrogen-bond acceptors (Lipinski definition) is 5. The summed E-state index contributed by atoms with van der Waals surface area (Å²) in [4.78, 5) is 13.6. The molecule has 0 unspecified atom stereocenters. The number of nitro groups is 1. The van der Waals surface area contributed by atoms with Crippen LogP contribution in [0.3, 0.4) is 0 Å². The van der Waals surface area contributed by atoms with Crippen molar-refractivity contribution in [1.29, 1.82) is 0 Å². The Kier molecular flexibility index (Phi) is 5.78. The van der Waals surface area contributed by atoms with Gasteiger partial charge in [0.1, 0.15) is 5.75 Å². The van der Waals surface area contributed by atoms with Gasteiger partial charge < -0.3 is 9.64 Å². The van der Waals surface area contributed by atoms with Gasteiger partial charge in [0.15, 0.2) is 5.11 Å². The summed E-state index contributed by atoms with van der Waals surface area (Å²) in [5.74, 6) is 0.396. The van der Waals surface area contributed by atoms with E-state index in [-0.39, 0.29) is 10.9 Å². The second kappa shape index (κ2) is 7.80. The molecular weight excluding hydrogens is 346 g/mol. The smallest absolute Gasteiger partial charge is 0.275 e. The molecule has 0 bridgehead atoms. The maximum atomic E-state index is 10.7. The Labute approximate surface area is 150 Å². The first-order valence-electron chi connectivity index (χ1n) is 6.93. The predicted octanol–water partition coefficient (Wildman–Crippen LogP) is 3.61. The Morgan fingerprint density at radius 1 is 1.04 bits per heavy atom. The van der Waals surface area contributed by atoms with E-state index in [0.29, 0.717) is 10.9 Å². The molecule has 0 amide bonds. The number of para-hydroxylation sites is 1. The fourth-order valence-corrected chi connectivity index (χ4v) is 2.39. The number of ether oxygens (including phenoxy) is 1. The molecule has 124 valence electrons. The van der Waals surface area contributed by atoms with Crippen molar-refractivity contribution in [3.05, 3.63) is 64.7 Å². The fraction of sp³-hybridized carbons (Fsp3) is 0.125. The van der Waals surface area contributed by atoms with Crippen LogP contribution in [0.4, 0.5) is 11.4 Å². The van der Waals surface area contributed by atoms with Crippen molar-refractivity contribution in [1.82, 2.24) is 4.90 Å². The van der Waals surface area contributed by atoms with Crippen molar-refractivity contribution < 1.29 is 9.66 Å². The molecule has 2 aromatic rings. The van der Waals surface area contributed by atoms with Gasteiger partial charge in [0.2, 0.25) is 0 Å². The Hall–Kier alpha value is -2.58. The average molecular weight is 361 g/mol. The van der Waals surface area contributed by atoms with E-state index < -0.39 is 4.92 Å². The molecule has 2 rings (SSSR count). The Bertz CT molecular complexity index is 749. The monoisotopic (exact) mass is 361 g/mol. The van der Waals surface area contributed by atoms with Gasteiger partial charge in [-0.2, -0.15) is 0 Å². The molecule has 0 heterocycles. The quantitative estimate of drug-likeness (QED) is 0.470. The van der Waals surface area contributed by atoms with Crippen molar-refractivity contribution in [2.45, 2.75) is 0 Å². The summed E-state index contributed by atoms with van der Waals surface area (Å²) < 4.78 is 5.66. The minimum absolute atomic E-state index is 0.0167. The molecule has 6 nitrogen and oxygen atoms in total. The summed E-state index contributed by atoms with van der Waals surface area (Å²) in [6, 6.07) is 15.1. The Morgan fingerprint density at radius 2 is 1.62 bits per heavy atom. The molecule has 8 heteroatoms. The highest BCUT2D eigenvalue weighted by Gasteiger charge is 2.20. The Morgan fingerprint density at radius 3 is 2.12 bits per heavy atom. The zero-order valence-electron chi connectivity index (χ0n) is 13.1. The number of rotatable bonds is 3. The van der Waals surface area contributed by atoms with E-state index in [0.717, 1.165) is 5.69 Å². The lowest BCUT2D eigenvalue weighted by atomic mass is 10.3. The van der Waals surface area contributed by atoms with Crippen LogP contribution in [0.5, 0.6) is 5.75 Å². The van der Waals surface area contributed by atoms with Gasteiger partial charge in [0.05, 0.1) is 10.6 Å². The van der Waals surface area contributed by atoms with Crippen molar-refractivity contribution in [3.8, 4) is 5.75 Å². The summed E-state index contributed by atoms with van der Waals surface area (Å²) in [7, 11) is 3.62. The van der Waals surface area contributed by atoms with Gasteiger partial charge in [0, 0.05) is 26.2 Å². The van der Waals surface area contributed by atoms with Crippen molar-refractivity contribution >= 4 is 46.1 Å². The largest absolute Gasteiger partial charge is 0.431 e. The number of non-ortho nitro benzene ring substituents is 1. The predicted molar refractivity (Wildman–Crippen MR) is 102 cm³/mol. The highest BCUT2D eigenvalue weighted by atomic mass is 32.1. The summed E-state index contributed by atoms with van der Waals surface area (Å²) in [5.41, 5.74) is 0.750. The van der Waals surface area contributed by atoms with Gasteiger partial charge in [-0.25, -0.2) is 4.90 Å². The normalized spacial score (nSPS) is 9.92. The lowest BCUT2D eigenvalue weighted by Gasteiger charge is -2.28. The molecule has 0 N–H and O–H groups in total. The molecule has 0 spiro atoms. The zero-order valence-corrected chi connectivity index (χ0v) is 14.7. The highest BCUT2D eigenvalue weighted by molar-refractivity contribution is 7.82. The molecule has 24 heavy (non-hydrogen) atoms. The topological polar surface area (TPSA) is 58.8 Å². The van der Waals surface area contributed by atoms with Crippen molar-refractivity contribution in [3.63, 3.8) is 0 Å². The van der Waals surface area contributed by atoms with Crippen LogP contribution in [-0.4, -0.2) is 34.2 Å². The fourth-order valence-electron chi connectivity index (χ4n) is 1.85. The van der Waals surface area contributed by atoms with Crippen molar-refractivity contribution in [2.75, 3.05) is 19.0 Å². The minimum atomic E-state index is -0.473. The van der Waals surface area contributed by atoms with E-state index in [1.54, 1.807) is 9.80 Å². The maximum absolute atomic E-state index is 10.7. The molecule has 0 fully saturated rings. The first-order chi connectivity index (χ1) is 11.4. The third-order valence-corrected chi connectivity index (χ3v) is 3.84. The number of hydrogen-bond donors (Lipinski definition) is 0. The summed E-state index contributed by atoms with van der Waals surface area (Å²) in [6.07, 6.45) is 0. The molecule has 2 aromatic carbocycles. The third kappa shape index (κ3) is 4.24. The first-order valence-corrected chi connectivity index (χ1v) is 7.74. The van der Waals surface area contributed by atoms with Gasteiger partial charge >= 0.3 is 0 Å². The first kappa shape index (κ1) is 17.8. The lowest BCUT2D eigenvalue weighted by Crippen LogP contribution is -2.44. The van der Waals surface area contributed by atoms with E-state index >= 15 is 0 Å². The number of benzene rings is 2. The number of thiocarbonyl (C=S) groups is 2. The average Bonchev–Trinajstić information content (AvgIpc) is 2.56. The van der Waals surface area contributed by atoms with Gasteiger partial charge in [-0.3, -0.25) is 10.1 Å². The maximum Gasteiger partial charge on any atom is 0.275 e. The third-order valence-electron chi connectivity index (χ3n) is 3.02. The van der Waals surface area contributed by atoms with E-state index in [1.807, 2.05) is 44.4 Å². The van der Waals surface area contributed by atoms with Crippen LogP contribution in [0.2, 0.25) is 0 Å². The number of nitro benzene ring substituents is 1. The molecule has 0 aliphatic heterocycles. The molecular formula is C16H15N3O3S2. The van der Waals surface area contributed by atoms with E-state index in [9.17, 15) is 10.1 Å². The van der Waals surface area contributed by atoms with Gasteiger partial charge in [-0.1, -0.05) is 18.2 Å². The van der Waals surface area contributed by atoms with Crippen LogP contribution in [0.15, 0.2) is 54.6 Å². The zero-order chi connectivity index (χ0) is 17.7. The van der Waals surface area contributed by atoms with E-state index in [2.05, 4.69) is 0 Å². The van der Waals surface area contributed by atoms with Gasteiger partial charge in [0.25, 0.3) is 10.9 Å². The van der Waals surface area contributed by atoms with Crippen LogP contribution in [0.1, 0.15) is 0 Å². The van der Waals surface area contributed by atoms with Gasteiger partial charge in [-0.05, 0) is 48.7 Å². The van der Waals surface area contributed by atoms with E-state index in [1.165, 1.54) is 24.3 Å². The van der Waals surface area contributed by atoms with Gasteiger partial charge in [-0.15, -0.1) is 0 Å². The second-order valence-corrected chi connectivity index (χ2v) is 5.68. The molecule has 0 radical (unpaired) electrons. The van der Waals surface area contributed by atoms with Crippen LogP contribution in [0.25, 0.3) is 0 Å². The molecule has 0 aromatic heterocycles. The summed E-state index contributed by atoms with van der Waals surface area (Å²) in [5, 5.41) is 11.3. The molecule has 0 saturated heterocycles. The molecule has 0 atom stereocenters. The van der Waals surface area contributed by atoms with Crippen LogP contribution in [0, 0.1) is 10.1 Å². The molecule has 0 aliphatic carbocycles. The summed E-state index contributed by atoms with van der Waals surface area (Å²) in [6.45, 7) is 0. The highest BCUT2D eigenvalue weighted by Crippen LogP contribution is 2.21. The summed E-state index contributed by atoms with van der Waals surface area (Å²) >= 11 is 10.8. The van der Waals surface area contributed by atoms with Crippen LogP contribution >= 0.6 is 24.4 Å². The number of anilines is 1. The van der Waals surface area contributed by atoms with Crippen LogP contribution in [-0.2, 0) is 0 Å². The Balaban J connectivity index is 2.25. The minimum Gasteiger partial charge on any atom is -0.431 e.